The van der Waals surface area contributed by atoms with Crippen LogP contribution in [0.4, 0.5) is 21.7 Å². The zero-order valence-corrected chi connectivity index (χ0v) is 23.7. The standard InChI is InChI=1S/C29H38FN5O4/c1-18(2)15-35(16-19(3)4)24-9-8-22(12-25(24)37-6)34-29-32-13-23(14-33-29)39-17-21-10-20(28(36)31-5)11-26(38-7)27(21)30/h8-14,18-19H,15-17H2,1-7H3,(H,31,36)(H,32,33,34). The van der Waals surface area contributed by atoms with Gasteiger partial charge in [0.25, 0.3) is 5.91 Å². The molecule has 210 valence electrons. The van der Waals surface area contributed by atoms with Crippen molar-refractivity contribution < 1.29 is 23.4 Å². The highest BCUT2D eigenvalue weighted by molar-refractivity contribution is 5.94. The number of halogens is 1. The molecule has 0 saturated heterocycles. The summed E-state index contributed by atoms with van der Waals surface area (Å²) in [6, 6.07) is 8.70. The number of rotatable bonds is 13. The molecule has 3 aromatic rings. The van der Waals surface area contributed by atoms with Crippen molar-refractivity contribution in [3.05, 3.63) is 59.7 Å². The molecule has 0 aliphatic heterocycles. The van der Waals surface area contributed by atoms with E-state index in [0.717, 1.165) is 30.2 Å². The highest BCUT2D eigenvalue weighted by atomic mass is 19.1. The van der Waals surface area contributed by atoms with Gasteiger partial charge in [0.15, 0.2) is 17.3 Å². The summed E-state index contributed by atoms with van der Waals surface area (Å²) in [7, 11) is 4.50. The monoisotopic (exact) mass is 539 g/mol. The number of amides is 1. The van der Waals surface area contributed by atoms with Gasteiger partial charge in [0.2, 0.25) is 5.95 Å². The van der Waals surface area contributed by atoms with E-state index in [1.807, 2.05) is 18.2 Å². The SMILES string of the molecule is CNC(=O)c1cc(COc2cnc(Nc3ccc(N(CC(C)C)CC(C)C)c(OC)c3)nc2)c(F)c(OC)c1. The van der Waals surface area contributed by atoms with Gasteiger partial charge in [-0.25, -0.2) is 14.4 Å². The number of nitrogens with one attached hydrogen (secondary N) is 2. The van der Waals surface area contributed by atoms with Crippen LogP contribution in [-0.4, -0.2) is 50.2 Å². The van der Waals surface area contributed by atoms with Gasteiger partial charge in [0, 0.05) is 43.0 Å². The number of methoxy groups -OCH3 is 2. The Morgan fingerprint density at radius 1 is 0.974 bits per heavy atom. The quantitative estimate of drug-likeness (QED) is 0.297. The van der Waals surface area contributed by atoms with Crippen molar-refractivity contribution in [2.75, 3.05) is 44.6 Å². The fourth-order valence-electron chi connectivity index (χ4n) is 4.10. The van der Waals surface area contributed by atoms with E-state index in [1.54, 1.807) is 7.11 Å². The Labute approximate surface area is 229 Å². The summed E-state index contributed by atoms with van der Waals surface area (Å²) in [6.07, 6.45) is 2.98. The summed E-state index contributed by atoms with van der Waals surface area (Å²) in [5.41, 5.74) is 2.26. The van der Waals surface area contributed by atoms with Gasteiger partial charge in [0.1, 0.15) is 12.4 Å². The Morgan fingerprint density at radius 3 is 2.18 bits per heavy atom. The van der Waals surface area contributed by atoms with E-state index < -0.39 is 5.82 Å². The minimum absolute atomic E-state index is 0.0384. The molecule has 0 unspecified atom stereocenters. The predicted molar refractivity (Wildman–Crippen MR) is 151 cm³/mol. The van der Waals surface area contributed by atoms with Crippen LogP contribution in [0, 0.1) is 17.7 Å². The maximum Gasteiger partial charge on any atom is 0.251 e. The summed E-state index contributed by atoms with van der Waals surface area (Å²) >= 11 is 0. The Morgan fingerprint density at radius 2 is 1.62 bits per heavy atom. The topological polar surface area (TPSA) is 97.8 Å². The van der Waals surface area contributed by atoms with Crippen molar-refractivity contribution >= 4 is 23.2 Å². The van der Waals surface area contributed by atoms with Crippen molar-refractivity contribution in [1.82, 2.24) is 15.3 Å². The highest BCUT2D eigenvalue weighted by Crippen LogP contribution is 2.33. The third-order valence-corrected chi connectivity index (χ3v) is 5.79. The summed E-state index contributed by atoms with van der Waals surface area (Å²) in [5, 5.41) is 5.70. The maximum absolute atomic E-state index is 14.7. The number of hydrogen-bond acceptors (Lipinski definition) is 8. The van der Waals surface area contributed by atoms with Crippen LogP contribution < -0.4 is 29.7 Å². The third kappa shape index (κ3) is 7.95. The van der Waals surface area contributed by atoms with Gasteiger partial charge in [-0.15, -0.1) is 0 Å². The zero-order valence-electron chi connectivity index (χ0n) is 23.7. The second kappa shape index (κ2) is 13.6. The molecule has 0 atom stereocenters. The van der Waals surface area contributed by atoms with Gasteiger partial charge in [-0.3, -0.25) is 4.79 Å². The average Bonchev–Trinajstić information content (AvgIpc) is 2.91. The van der Waals surface area contributed by atoms with E-state index in [1.165, 1.54) is 38.7 Å². The van der Waals surface area contributed by atoms with Gasteiger partial charge < -0.3 is 29.7 Å². The molecule has 0 spiro atoms. The van der Waals surface area contributed by atoms with Gasteiger partial charge in [-0.05, 0) is 36.1 Å². The van der Waals surface area contributed by atoms with Gasteiger partial charge in [-0.1, -0.05) is 27.7 Å². The molecule has 0 aliphatic carbocycles. The van der Waals surface area contributed by atoms with Crippen LogP contribution in [0.15, 0.2) is 42.7 Å². The van der Waals surface area contributed by atoms with Gasteiger partial charge >= 0.3 is 0 Å². The minimum Gasteiger partial charge on any atom is -0.495 e. The van der Waals surface area contributed by atoms with E-state index in [0.29, 0.717) is 23.5 Å². The molecule has 39 heavy (non-hydrogen) atoms. The van der Waals surface area contributed by atoms with Crippen LogP contribution in [0.3, 0.4) is 0 Å². The lowest BCUT2D eigenvalue weighted by molar-refractivity contribution is 0.0962. The number of carbonyl (C=O) groups is 1. The molecule has 3 rings (SSSR count). The maximum atomic E-state index is 14.7. The van der Waals surface area contributed by atoms with E-state index >= 15 is 0 Å². The van der Waals surface area contributed by atoms with E-state index in [2.05, 4.69) is 53.2 Å². The number of aromatic nitrogens is 2. The minimum atomic E-state index is -0.595. The first-order valence-electron chi connectivity index (χ1n) is 12.9. The molecule has 0 aliphatic rings. The van der Waals surface area contributed by atoms with Crippen LogP contribution in [-0.2, 0) is 6.61 Å². The Kier molecular flexibility index (Phi) is 10.3. The smallest absolute Gasteiger partial charge is 0.251 e. The van der Waals surface area contributed by atoms with Crippen LogP contribution in [0.2, 0.25) is 0 Å². The second-order valence-electron chi connectivity index (χ2n) is 9.97. The Bertz CT molecular complexity index is 1240. The fourth-order valence-corrected chi connectivity index (χ4v) is 4.10. The largest absolute Gasteiger partial charge is 0.495 e. The molecule has 1 amide bonds. The molecule has 0 radical (unpaired) electrons. The lowest BCUT2D eigenvalue weighted by atomic mass is 10.1. The van der Waals surface area contributed by atoms with E-state index in [4.69, 9.17) is 14.2 Å². The molecule has 2 aromatic carbocycles. The first-order valence-corrected chi connectivity index (χ1v) is 12.9. The van der Waals surface area contributed by atoms with Crippen molar-refractivity contribution in [1.29, 1.82) is 0 Å². The summed E-state index contributed by atoms with van der Waals surface area (Å²) < 4.78 is 31.2. The lowest BCUT2D eigenvalue weighted by Gasteiger charge is -2.30. The van der Waals surface area contributed by atoms with E-state index in [-0.39, 0.29) is 29.4 Å². The van der Waals surface area contributed by atoms with Crippen LogP contribution in [0.5, 0.6) is 17.2 Å². The fraction of sp³-hybridized carbons (Fsp3) is 0.414. The first kappa shape index (κ1) is 29.5. The molecule has 0 saturated carbocycles. The van der Waals surface area contributed by atoms with Gasteiger partial charge in [-0.2, -0.15) is 0 Å². The molecule has 1 aromatic heterocycles. The Hall–Kier alpha value is -4.08. The summed E-state index contributed by atoms with van der Waals surface area (Å²) in [5.74, 6) is 1.51. The summed E-state index contributed by atoms with van der Waals surface area (Å²) in [6.45, 7) is 10.5. The molecular formula is C29H38FN5O4. The summed E-state index contributed by atoms with van der Waals surface area (Å²) in [4.78, 5) is 23.0. The molecule has 1 heterocycles. The normalized spacial score (nSPS) is 10.9. The number of benzene rings is 2. The van der Waals surface area contributed by atoms with E-state index in [9.17, 15) is 9.18 Å². The number of hydrogen-bond donors (Lipinski definition) is 2. The van der Waals surface area contributed by atoms with Crippen molar-refractivity contribution in [3.8, 4) is 17.2 Å². The van der Waals surface area contributed by atoms with Crippen LogP contribution in [0.25, 0.3) is 0 Å². The molecular weight excluding hydrogens is 501 g/mol. The molecule has 2 N–H and O–H groups in total. The Balaban J connectivity index is 1.71. The first-order chi connectivity index (χ1) is 18.6. The molecule has 0 fully saturated rings. The van der Waals surface area contributed by atoms with Crippen LogP contribution >= 0.6 is 0 Å². The second-order valence-corrected chi connectivity index (χ2v) is 9.97. The number of anilines is 3. The lowest BCUT2D eigenvalue weighted by Crippen LogP contribution is -2.31. The van der Waals surface area contributed by atoms with Crippen LogP contribution in [0.1, 0.15) is 43.6 Å². The van der Waals surface area contributed by atoms with Crippen molar-refractivity contribution in [2.45, 2.75) is 34.3 Å². The van der Waals surface area contributed by atoms with Crippen molar-refractivity contribution in [3.63, 3.8) is 0 Å². The predicted octanol–water partition coefficient (Wildman–Crippen LogP) is 5.43. The highest BCUT2D eigenvalue weighted by Gasteiger charge is 2.17. The molecule has 9 nitrogen and oxygen atoms in total. The van der Waals surface area contributed by atoms with Crippen molar-refractivity contribution in [2.24, 2.45) is 11.8 Å². The molecule has 0 bridgehead atoms. The number of ether oxygens (including phenoxy) is 3. The zero-order chi connectivity index (χ0) is 28.5. The third-order valence-electron chi connectivity index (χ3n) is 5.79. The molecule has 10 heteroatoms. The average molecular weight is 540 g/mol. The number of carbonyl (C=O) groups excluding carboxylic acids is 1. The van der Waals surface area contributed by atoms with Gasteiger partial charge in [0.05, 0.1) is 32.3 Å². The number of nitrogens with zero attached hydrogens (tertiary/aromatic N) is 3.